The van der Waals surface area contributed by atoms with Crippen molar-refractivity contribution < 1.29 is 4.74 Å². The van der Waals surface area contributed by atoms with Gasteiger partial charge in [-0.15, -0.1) is 0 Å². The van der Waals surface area contributed by atoms with E-state index in [9.17, 15) is 0 Å². The molecule has 7 nitrogen and oxygen atoms in total. The van der Waals surface area contributed by atoms with Gasteiger partial charge in [-0.3, -0.25) is 9.89 Å². The van der Waals surface area contributed by atoms with Crippen LogP contribution in [-0.4, -0.2) is 62.7 Å². The molecular weight excluding hydrogens is 388 g/mol. The molecule has 0 radical (unpaired) electrons. The van der Waals surface area contributed by atoms with Crippen molar-refractivity contribution in [3.8, 4) is 5.75 Å². The summed E-state index contributed by atoms with van der Waals surface area (Å²) >= 11 is 0. The Balaban J connectivity index is 1.44. The maximum absolute atomic E-state index is 5.64. The first-order valence-corrected chi connectivity index (χ1v) is 11.3. The molecule has 0 spiro atoms. The number of ether oxygens (including phenoxy) is 1. The fraction of sp³-hybridized carbons (Fsp3) is 0.500. The van der Waals surface area contributed by atoms with Gasteiger partial charge in [0.15, 0.2) is 5.96 Å². The predicted octanol–water partition coefficient (Wildman–Crippen LogP) is 3.28. The minimum Gasteiger partial charge on any atom is -0.496 e. The van der Waals surface area contributed by atoms with Crippen LogP contribution in [0.15, 0.2) is 53.7 Å². The van der Waals surface area contributed by atoms with Gasteiger partial charge in [0.05, 0.1) is 13.2 Å². The number of methoxy groups -OCH3 is 1. The summed E-state index contributed by atoms with van der Waals surface area (Å²) in [6, 6.07) is 14.5. The highest BCUT2D eigenvalue weighted by atomic mass is 16.5. The molecule has 3 rings (SSSR count). The van der Waals surface area contributed by atoms with Crippen LogP contribution in [0.25, 0.3) is 0 Å². The monoisotopic (exact) mass is 424 g/mol. The maximum Gasteiger partial charge on any atom is 0.191 e. The number of nitrogens with one attached hydrogen (secondary N) is 3. The molecule has 0 aliphatic carbocycles. The lowest BCUT2D eigenvalue weighted by Crippen LogP contribution is -2.43. The number of hydrogen-bond acceptors (Lipinski definition) is 5. The Morgan fingerprint density at radius 3 is 2.58 bits per heavy atom. The average Bonchev–Trinajstić information content (AvgIpc) is 3.35. The highest BCUT2D eigenvalue weighted by Gasteiger charge is 2.25. The van der Waals surface area contributed by atoms with E-state index in [2.05, 4.69) is 43.0 Å². The summed E-state index contributed by atoms with van der Waals surface area (Å²) in [6.45, 7) is 4.84. The number of para-hydroxylation sites is 1. The van der Waals surface area contributed by atoms with Crippen molar-refractivity contribution >= 4 is 11.8 Å². The third-order valence-corrected chi connectivity index (χ3v) is 5.63. The first kappa shape index (κ1) is 22.9. The van der Waals surface area contributed by atoms with Crippen molar-refractivity contribution in [3.63, 3.8) is 0 Å². The van der Waals surface area contributed by atoms with E-state index < -0.39 is 0 Å². The SMILES string of the molecule is CN=C(NCCCCNc1ccccn1)NCC(c1ccccc1OC)N1CCCC1. The first-order valence-electron chi connectivity index (χ1n) is 11.3. The van der Waals surface area contributed by atoms with Gasteiger partial charge in [0.25, 0.3) is 0 Å². The molecule has 2 heterocycles. The number of anilines is 1. The molecule has 0 amide bonds. The van der Waals surface area contributed by atoms with Crippen molar-refractivity contribution in [1.82, 2.24) is 20.5 Å². The van der Waals surface area contributed by atoms with Crippen LogP contribution in [0.2, 0.25) is 0 Å². The van der Waals surface area contributed by atoms with Crippen molar-refractivity contribution in [2.75, 3.05) is 52.2 Å². The van der Waals surface area contributed by atoms with Crippen LogP contribution in [-0.2, 0) is 0 Å². The van der Waals surface area contributed by atoms with E-state index in [-0.39, 0.29) is 6.04 Å². The lowest BCUT2D eigenvalue weighted by Gasteiger charge is -2.30. The molecule has 1 fully saturated rings. The first-order chi connectivity index (χ1) is 15.3. The van der Waals surface area contributed by atoms with Crippen molar-refractivity contribution in [2.45, 2.75) is 31.7 Å². The second-order valence-electron chi connectivity index (χ2n) is 7.73. The number of nitrogens with zero attached hydrogens (tertiary/aromatic N) is 3. The normalized spacial score (nSPS) is 15.5. The molecule has 0 bridgehead atoms. The topological polar surface area (TPSA) is 73.8 Å². The lowest BCUT2D eigenvalue weighted by atomic mass is 10.0. The predicted molar refractivity (Wildman–Crippen MR) is 128 cm³/mol. The van der Waals surface area contributed by atoms with E-state index in [4.69, 9.17) is 4.74 Å². The largest absolute Gasteiger partial charge is 0.496 e. The van der Waals surface area contributed by atoms with Crippen LogP contribution < -0.4 is 20.7 Å². The Morgan fingerprint density at radius 2 is 1.84 bits per heavy atom. The number of likely N-dealkylation sites (tertiary alicyclic amines) is 1. The van der Waals surface area contributed by atoms with Gasteiger partial charge >= 0.3 is 0 Å². The smallest absolute Gasteiger partial charge is 0.191 e. The molecular formula is C24H36N6O. The Morgan fingerprint density at radius 1 is 1.06 bits per heavy atom. The highest BCUT2D eigenvalue weighted by molar-refractivity contribution is 5.79. The molecule has 1 atom stereocenters. The van der Waals surface area contributed by atoms with Crippen LogP contribution >= 0.6 is 0 Å². The molecule has 3 N–H and O–H groups in total. The van der Waals surface area contributed by atoms with Crippen LogP contribution in [0.4, 0.5) is 5.82 Å². The van der Waals surface area contributed by atoms with E-state index in [1.807, 2.05) is 37.4 Å². The number of pyridine rings is 1. The van der Waals surface area contributed by atoms with E-state index in [1.54, 1.807) is 13.3 Å². The van der Waals surface area contributed by atoms with Gasteiger partial charge < -0.3 is 20.7 Å². The molecule has 7 heteroatoms. The quantitative estimate of drug-likeness (QED) is 0.292. The summed E-state index contributed by atoms with van der Waals surface area (Å²) in [6.07, 6.45) is 6.44. The number of hydrogen-bond donors (Lipinski definition) is 3. The minimum absolute atomic E-state index is 0.264. The Hall–Kier alpha value is -2.80. The molecule has 1 aromatic carbocycles. The van der Waals surface area contributed by atoms with Crippen LogP contribution in [0, 0.1) is 0 Å². The zero-order valence-electron chi connectivity index (χ0n) is 18.8. The van der Waals surface area contributed by atoms with Gasteiger partial charge in [0.2, 0.25) is 0 Å². The number of aromatic nitrogens is 1. The van der Waals surface area contributed by atoms with Gasteiger partial charge in [-0.2, -0.15) is 0 Å². The summed E-state index contributed by atoms with van der Waals surface area (Å²) in [4.78, 5) is 11.2. The van der Waals surface area contributed by atoms with Gasteiger partial charge in [0.1, 0.15) is 11.6 Å². The number of benzene rings is 1. The minimum atomic E-state index is 0.264. The molecule has 0 saturated carbocycles. The van der Waals surface area contributed by atoms with Crippen LogP contribution in [0.1, 0.15) is 37.3 Å². The molecule has 1 aliphatic rings. The molecule has 1 aromatic heterocycles. The fourth-order valence-corrected chi connectivity index (χ4v) is 3.99. The number of rotatable bonds is 11. The summed E-state index contributed by atoms with van der Waals surface area (Å²) in [5.41, 5.74) is 1.23. The number of guanidine groups is 1. The third-order valence-electron chi connectivity index (χ3n) is 5.63. The highest BCUT2D eigenvalue weighted by Crippen LogP contribution is 2.31. The zero-order valence-corrected chi connectivity index (χ0v) is 18.8. The zero-order chi connectivity index (χ0) is 21.7. The van der Waals surface area contributed by atoms with Crippen LogP contribution in [0.5, 0.6) is 5.75 Å². The standard InChI is InChI=1S/C24H36N6O/c1-25-24(28-16-8-7-15-27-23-13-5-6-14-26-23)29-19-21(30-17-9-10-18-30)20-11-3-4-12-22(20)31-2/h3-6,11-14,21H,7-10,15-19H2,1-2H3,(H,26,27)(H2,25,28,29). The van der Waals surface area contributed by atoms with E-state index in [0.717, 1.165) is 63.1 Å². The van der Waals surface area contributed by atoms with Gasteiger partial charge in [-0.05, 0) is 57.0 Å². The van der Waals surface area contributed by atoms with Gasteiger partial charge in [-0.25, -0.2) is 4.98 Å². The maximum atomic E-state index is 5.64. The number of unbranched alkanes of at least 4 members (excludes halogenated alkanes) is 1. The summed E-state index contributed by atoms with van der Waals surface area (Å²) < 4.78 is 5.64. The molecule has 2 aromatic rings. The van der Waals surface area contributed by atoms with Crippen molar-refractivity contribution in [2.24, 2.45) is 4.99 Å². The Labute approximate surface area is 186 Å². The second-order valence-corrected chi connectivity index (χ2v) is 7.73. The average molecular weight is 425 g/mol. The van der Waals surface area contributed by atoms with Crippen molar-refractivity contribution in [3.05, 3.63) is 54.2 Å². The molecule has 168 valence electrons. The second kappa shape index (κ2) is 12.8. The lowest BCUT2D eigenvalue weighted by molar-refractivity contribution is 0.239. The fourth-order valence-electron chi connectivity index (χ4n) is 3.99. The Kier molecular flexibility index (Phi) is 9.44. The van der Waals surface area contributed by atoms with Crippen molar-refractivity contribution in [1.29, 1.82) is 0 Å². The van der Waals surface area contributed by atoms with Crippen LogP contribution in [0.3, 0.4) is 0 Å². The van der Waals surface area contributed by atoms with Gasteiger partial charge in [-0.1, -0.05) is 24.3 Å². The third kappa shape index (κ3) is 7.14. The van der Waals surface area contributed by atoms with Gasteiger partial charge in [0, 0.05) is 38.4 Å². The van der Waals surface area contributed by atoms with E-state index >= 15 is 0 Å². The molecule has 1 unspecified atom stereocenters. The summed E-state index contributed by atoms with van der Waals surface area (Å²) in [5.74, 6) is 2.72. The Bertz CT molecular complexity index is 792. The van der Waals surface area contributed by atoms with E-state index in [0.29, 0.717) is 0 Å². The molecule has 31 heavy (non-hydrogen) atoms. The molecule has 1 saturated heterocycles. The number of aliphatic imine (C=N–C) groups is 1. The van der Waals surface area contributed by atoms with E-state index in [1.165, 1.54) is 18.4 Å². The molecule has 1 aliphatic heterocycles. The summed E-state index contributed by atoms with van der Waals surface area (Å²) in [5, 5.41) is 10.3. The summed E-state index contributed by atoms with van der Waals surface area (Å²) in [7, 11) is 3.57.